The number of hydrogen-bond donors (Lipinski definition) is 0. The first-order chi connectivity index (χ1) is 19.7. The lowest BCUT2D eigenvalue weighted by Crippen LogP contribution is -2.48. The van der Waals surface area contributed by atoms with Gasteiger partial charge in [0.15, 0.2) is 5.52 Å². The van der Waals surface area contributed by atoms with Crippen molar-refractivity contribution in [3.63, 3.8) is 0 Å². The minimum atomic E-state index is -3.85. The van der Waals surface area contributed by atoms with Gasteiger partial charge in [-0.15, -0.1) is 0 Å². The number of likely N-dealkylation sites (N-methyl/N-ethyl adjacent to an activating group) is 1. The number of ether oxygens (including phenoxy) is 2. The Hall–Kier alpha value is -3.66. The van der Waals surface area contributed by atoms with E-state index in [-0.39, 0.29) is 39.8 Å². The fraction of sp³-hybridized carbons (Fsp3) is 0.500. The number of piperazine rings is 1. The lowest BCUT2D eigenvalue weighted by Gasteiger charge is -2.33. The van der Waals surface area contributed by atoms with Crippen LogP contribution in [-0.4, -0.2) is 105 Å². The zero-order chi connectivity index (χ0) is 29.3. The van der Waals surface area contributed by atoms with Gasteiger partial charge in [0.1, 0.15) is 22.8 Å². The van der Waals surface area contributed by atoms with Gasteiger partial charge in [-0.2, -0.15) is 9.40 Å². The molecule has 0 N–H and O–H groups in total. The first kappa shape index (κ1) is 28.9. The summed E-state index contributed by atoms with van der Waals surface area (Å²) in [5.41, 5.74) is 1.17. The van der Waals surface area contributed by atoms with Gasteiger partial charge in [-0.1, -0.05) is 13.8 Å². The van der Waals surface area contributed by atoms with Gasteiger partial charge in [0.2, 0.25) is 21.9 Å². The largest absolute Gasteiger partial charge is 0.475 e. The molecular formula is C26H35N9O5S. The summed E-state index contributed by atoms with van der Waals surface area (Å²) in [7, 11) is 1.11. The molecule has 41 heavy (non-hydrogen) atoms. The van der Waals surface area contributed by atoms with Gasteiger partial charge in [0.25, 0.3) is 5.56 Å². The number of nitrogens with zero attached hydrogens (tertiary/aromatic N) is 9. The minimum absolute atomic E-state index is 0.00491. The Labute approximate surface area is 238 Å². The van der Waals surface area contributed by atoms with Gasteiger partial charge >= 0.3 is 0 Å². The average Bonchev–Trinajstić information content (AvgIpc) is 3.57. The Bertz CT molecular complexity index is 1720. The Kier molecular flexibility index (Phi) is 8.22. The number of sulfonamides is 1. The molecule has 4 aromatic rings. The monoisotopic (exact) mass is 585 g/mol. The lowest BCUT2D eigenvalue weighted by atomic mass is 10.2. The van der Waals surface area contributed by atoms with E-state index in [0.717, 1.165) is 6.54 Å². The molecule has 0 aromatic carbocycles. The quantitative estimate of drug-likeness (QED) is 0.246. The van der Waals surface area contributed by atoms with Crippen molar-refractivity contribution in [2.45, 2.75) is 25.2 Å². The Morgan fingerprint density at radius 1 is 1.02 bits per heavy atom. The van der Waals surface area contributed by atoms with Crippen LogP contribution in [0.1, 0.15) is 19.5 Å². The summed E-state index contributed by atoms with van der Waals surface area (Å²) in [5.74, 6) is 0.905. The molecule has 0 saturated carbocycles. The van der Waals surface area contributed by atoms with Crippen molar-refractivity contribution in [3.8, 4) is 23.2 Å². The molecule has 14 nitrogen and oxygen atoms in total. The maximum Gasteiger partial charge on any atom is 0.281 e. The molecule has 5 heterocycles. The second-order valence-electron chi connectivity index (χ2n) is 9.75. The number of methoxy groups -OCH3 is 1. The number of hydrogen-bond acceptors (Lipinski definition) is 10. The minimum Gasteiger partial charge on any atom is -0.475 e. The highest BCUT2D eigenvalue weighted by molar-refractivity contribution is 7.89. The maximum absolute atomic E-state index is 13.7. The van der Waals surface area contributed by atoms with Gasteiger partial charge < -0.3 is 18.9 Å². The molecule has 0 unspecified atom stereocenters. The zero-order valence-electron chi connectivity index (χ0n) is 23.9. The van der Waals surface area contributed by atoms with Crippen molar-refractivity contribution < 1.29 is 17.9 Å². The molecule has 0 spiro atoms. The summed E-state index contributed by atoms with van der Waals surface area (Å²) in [6.45, 7) is 7.41. The summed E-state index contributed by atoms with van der Waals surface area (Å²) in [6, 6.07) is 1.49. The molecule has 1 aliphatic heterocycles. The van der Waals surface area contributed by atoms with E-state index in [2.05, 4.69) is 26.9 Å². The van der Waals surface area contributed by atoms with E-state index in [9.17, 15) is 13.2 Å². The van der Waals surface area contributed by atoms with Gasteiger partial charge in [-0.3, -0.25) is 9.36 Å². The molecule has 0 amide bonds. The van der Waals surface area contributed by atoms with Crippen LogP contribution in [0.5, 0.6) is 5.88 Å². The number of fused-ring (bicyclic) bond motifs is 1. The van der Waals surface area contributed by atoms with E-state index in [0.29, 0.717) is 56.4 Å². The lowest BCUT2D eigenvalue weighted by molar-refractivity contribution is 0.144. The predicted octanol–water partition coefficient (Wildman–Crippen LogP) is 0.829. The highest BCUT2D eigenvalue weighted by Crippen LogP contribution is 2.31. The Balaban J connectivity index is 1.67. The number of aryl methyl sites for hydroxylation is 2. The maximum atomic E-state index is 13.7. The first-order valence-corrected chi connectivity index (χ1v) is 15.0. The molecule has 0 atom stereocenters. The third kappa shape index (κ3) is 5.25. The van der Waals surface area contributed by atoms with Gasteiger partial charge in [0.05, 0.1) is 24.1 Å². The van der Waals surface area contributed by atoms with Crippen LogP contribution < -0.4 is 10.3 Å². The van der Waals surface area contributed by atoms with Crippen LogP contribution in [0.15, 0.2) is 34.3 Å². The summed E-state index contributed by atoms with van der Waals surface area (Å²) < 4.78 is 44.5. The van der Waals surface area contributed by atoms with E-state index >= 15 is 0 Å². The summed E-state index contributed by atoms with van der Waals surface area (Å²) in [4.78, 5) is 29.5. The fourth-order valence-corrected chi connectivity index (χ4v) is 6.33. The van der Waals surface area contributed by atoms with Gasteiger partial charge in [-0.05, 0) is 19.0 Å². The van der Waals surface area contributed by atoms with Crippen LogP contribution in [0.3, 0.4) is 0 Å². The predicted molar refractivity (Wildman–Crippen MR) is 152 cm³/mol. The zero-order valence-corrected chi connectivity index (χ0v) is 24.8. The van der Waals surface area contributed by atoms with E-state index < -0.39 is 10.0 Å². The molecule has 5 rings (SSSR count). The summed E-state index contributed by atoms with van der Waals surface area (Å²) in [5, 5.41) is 4.56. The smallest absolute Gasteiger partial charge is 0.281 e. The van der Waals surface area contributed by atoms with Crippen LogP contribution in [-0.2, 0) is 35.3 Å². The average molecular weight is 586 g/mol. The third-order valence-electron chi connectivity index (χ3n) is 7.33. The Morgan fingerprint density at radius 2 is 1.78 bits per heavy atom. The van der Waals surface area contributed by atoms with Crippen molar-refractivity contribution in [1.29, 1.82) is 0 Å². The van der Waals surface area contributed by atoms with Crippen molar-refractivity contribution in [1.82, 2.24) is 43.1 Å². The summed E-state index contributed by atoms with van der Waals surface area (Å²) in [6.07, 6.45) is 5.26. The molecular weight excluding hydrogens is 550 g/mol. The highest BCUT2D eigenvalue weighted by Gasteiger charge is 2.30. The standard InChI is InChI=1S/C26H35N9O5S/c1-6-20-21-22(30-35(20)26-27-8-9-31(26)3)25(36)32(4)23(29-21)19-16-18(17-28-24(19)40-15-14-39-5)41(37,38)34-12-10-33(7-2)11-13-34/h8-9,16-17H,6-7,10-15H2,1-5H3. The van der Waals surface area contributed by atoms with Crippen LogP contribution in [0.4, 0.5) is 0 Å². The molecule has 15 heteroatoms. The van der Waals surface area contributed by atoms with E-state index in [1.165, 1.54) is 21.1 Å². The van der Waals surface area contributed by atoms with Crippen molar-refractivity contribution in [2.24, 2.45) is 14.1 Å². The van der Waals surface area contributed by atoms with Crippen LogP contribution in [0.2, 0.25) is 0 Å². The number of pyridine rings is 1. The van der Waals surface area contributed by atoms with Crippen LogP contribution >= 0.6 is 0 Å². The number of imidazole rings is 1. The molecule has 1 aliphatic rings. The fourth-order valence-electron chi connectivity index (χ4n) is 4.93. The molecule has 0 radical (unpaired) electrons. The van der Waals surface area contributed by atoms with Gasteiger partial charge in [0, 0.05) is 59.8 Å². The second kappa shape index (κ2) is 11.7. The van der Waals surface area contributed by atoms with E-state index in [4.69, 9.17) is 14.5 Å². The molecule has 4 aromatic heterocycles. The Morgan fingerprint density at radius 3 is 2.41 bits per heavy atom. The molecule has 0 bridgehead atoms. The highest BCUT2D eigenvalue weighted by atomic mass is 32.2. The van der Waals surface area contributed by atoms with Crippen molar-refractivity contribution in [3.05, 3.63) is 40.7 Å². The number of rotatable bonds is 10. The second-order valence-corrected chi connectivity index (χ2v) is 11.7. The molecule has 1 fully saturated rings. The first-order valence-electron chi connectivity index (χ1n) is 13.5. The summed E-state index contributed by atoms with van der Waals surface area (Å²) >= 11 is 0. The van der Waals surface area contributed by atoms with Crippen LogP contribution in [0.25, 0.3) is 28.4 Å². The third-order valence-corrected chi connectivity index (χ3v) is 9.19. The van der Waals surface area contributed by atoms with Crippen LogP contribution in [0, 0.1) is 0 Å². The molecule has 1 saturated heterocycles. The topological polar surface area (TPSA) is 142 Å². The molecule has 220 valence electrons. The SMILES string of the molecule is CCc1c2nc(-c3cc(S(=O)(=O)N4CCN(CC)CC4)cnc3OCCOC)n(C)c(=O)c2nn1-c1nccn1C. The van der Waals surface area contributed by atoms with E-state index in [1.54, 1.807) is 35.8 Å². The van der Waals surface area contributed by atoms with Gasteiger partial charge in [-0.25, -0.2) is 28.1 Å². The number of aromatic nitrogens is 7. The normalized spacial score (nSPS) is 15.1. The van der Waals surface area contributed by atoms with Crippen molar-refractivity contribution in [2.75, 3.05) is 53.0 Å². The van der Waals surface area contributed by atoms with Crippen molar-refractivity contribution >= 4 is 21.1 Å². The van der Waals surface area contributed by atoms with E-state index in [1.807, 2.05) is 14.0 Å². The molecule has 0 aliphatic carbocycles.